The monoisotopic (exact) mass is 493 g/mol. The Kier molecular flexibility index (Phi) is 6.52. The van der Waals surface area contributed by atoms with Crippen LogP contribution in [-0.2, 0) is 17.6 Å². The normalized spacial score (nSPS) is 15.3. The largest absolute Gasteiger partial charge is 0.325 e. The Balaban J connectivity index is 1.50. The molecular weight excluding hydrogens is 469 g/mol. The summed E-state index contributed by atoms with van der Waals surface area (Å²) >= 11 is 2.84. The van der Waals surface area contributed by atoms with E-state index in [0.717, 1.165) is 47.2 Å². The van der Waals surface area contributed by atoms with E-state index in [4.69, 9.17) is 4.98 Å². The number of benzene rings is 2. The van der Waals surface area contributed by atoms with E-state index in [1.165, 1.54) is 40.9 Å². The van der Waals surface area contributed by atoms with Gasteiger partial charge in [0.25, 0.3) is 5.56 Å². The van der Waals surface area contributed by atoms with Gasteiger partial charge in [-0.15, -0.1) is 11.3 Å². The molecule has 0 bridgehead atoms. The van der Waals surface area contributed by atoms with Gasteiger partial charge in [0.15, 0.2) is 5.16 Å². The first-order valence-electron chi connectivity index (χ1n) is 11.3. The number of hydrogen-bond acceptors (Lipinski definition) is 5. The summed E-state index contributed by atoms with van der Waals surface area (Å²) in [5.74, 6) is 0.119. The number of para-hydroxylation sites is 1. The van der Waals surface area contributed by atoms with Crippen LogP contribution in [0.1, 0.15) is 30.2 Å². The molecule has 2 aromatic heterocycles. The summed E-state index contributed by atoms with van der Waals surface area (Å²) in [5, 5.41) is 3.97. The fourth-order valence-corrected chi connectivity index (χ4v) is 6.57. The Bertz CT molecular complexity index is 1400. The van der Waals surface area contributed by atoms with Crippen LogP contribution in [0.2, 0.25) is 0 Å². The van der Waals surface area contributed by atoms with Crippen LogP contribution in [0, 0.1) is 11.7 Å². The first kappa shape index (κ1) is 22.8. The molecule has 0 saturated carbocycles. The highest BCUT2D eigenvalue weighted by molar-refractivity contribution is 7.99. The summed E-state index contributed by atoms with van der Waals surface area (Å²) in [6.07, 6.45) is 4.14. The second kappa shape index (κ2) is 9.72. The molecule has 1 atom stereocenters. The third kappa shape index (κ3) is 4.52. The Labute approximate surface area is 205 Å². The predicted molar refractivity (Wildman–Crippen MR) is 137 cm³/mol. The molecule has 2 aromatic carbocycles. The topological polar surface area (TPSA) is 64.0 Å². The van der Waals surface area contributed by atoms with Crippen LogP contribution in [0.4, 0.5) is 10.1 Å². The minimum atomic E-state index is -0.361. The van der Waals surface area contributed by atoms with Gasteiger partial charge in [-0.2, -0.15) is 0 Å². The van der Waals surface area contributed by atoms with Crippen molar-refractivity contribution in [2.45, 2.75) is 37.8 Å². The molecule has 0 aliphatic heterocycles. The number of halogens is 1. The molecule has 0 saturated heterocycles. The second-order valence-electron chi connectivity index (χ2n) is 8.42. The van der Waals surface area contributed by atoms with Crippen LogP contribution in [0.5, 0.6) is 0 Å². The van der Waals surface area contributed by atoms with E-state index in [1.54, 1.807) is 15.9 Å². The number of nitrogens with one attached hydrogen (secondary N) is 1. The van der Waals surface area contributed by atoms with Crippen molar-refractivity contribution in [1.29, 1.82) is 0 Å². The van der Waals surface area contributed by atoms with Gasteiger partial charge in [-0.05, 0) is 67.1 Å². The highest BCUT2D eigenvalue weighted by Gasteiger charge is 2.26. The molecule has 8 heteroatoms. The van der Waals surface area contributed by atoms with Crippen molar-refractivity contribution in [3.05, 3.63) is 81.2 Å². The molecule has 1 aliphatic rings. The molecule has 1 unspecified atom stereocenters. The zero-order chi connectivity index (χ0) is 23.7. The summed E-state index contributed by atoms with van der Waals surface area (Å²) in [6.45, 7) is 2.22. The van der Waals surface area contributed by atoms with Crippen LogP contribution in [0.15, 0.2) is 64.5 Å². The summed E-state index contributed by atoms with van der Waals surface area (Å²) in [7, 11) is 0. The predicted octanol–water partition coefficient (Wildman–Crippen LogP) is 5.83. The van der Waals surface area contributed by atoms with E-state index >= 15 is 0 Å². The molecule has 4 aromatic rings. The van der Waals surface area contributed by atoms with Crippen molar-refractivity contribution in [3.8, 4) is 5.69 Å². The van der Waals surface area contributed by atoms with Gasteiger partial charge in [0.1, 0.15) is 10.6 Å². The number of carbonyl (C=O) groups excluding carboxylic acids is 1. The number of fused-ring (bicyclic) bond motifs is 3. The van der Waals surface area contributed by atoms with Crippen molar-refractivity contribution >= 4 is 44.9 Å². The maximum atomic E-state index is 13.8. The van der Waals surface area contributed by atoms with Gasteiger partial charge in [-0.3, -0.25) is 14.2 Å². The molecule has 5 nitrogen and oxygen atoms in total. The fraction of sp³-hybridized carbons (Fsp3) is 0.269. The van der Waals surface area contributed by atoms with Crippen molar-refractivity contribution in [2.75, 3.05) is 11.1 Å². The van der Waals surface area contributed by atoms with Crippen molar-refractivity contribution in [1.82, 2.24) is 9.55 Å². The zero-order valence-electron chi connectivity index (χ0n) is 18.7. The lowest BCUT2D eigenvalue weighted by atomic mass is 9.86. The van der Waals surface area contributed by atoms with Gasteiger partial charge >= 0.3 is 0 Å². The fourth-order valence-electron chi connectivity index (χ4n) is 4.39. The second-order valence-corrected chi connectivity index (χ2v) is 10.4. The maximum Gasteiger partial charge on any atom is 0.267 e. The van der Waals surface area contributed by atoms with Gasteiger partial charge in [0.2, 0.25) is 5.91 Å². The quantitative estimate of drug-likeness (QED) is 0.271. The van der Waals surface area contributed by atoms with E-state index in [9.17, 15) is 14.0 Å². The summed E-state index contributed by atoms with van der Waals surface area (Å²) in [5.41, 5.74) is 2.32. The van der Waals surface area contributed by atoms with Crippen LogP contribution in [0.3, 0.4) is 0 Å². The van der Waals surface area contributed by atoms with Gasteiger partial charge in [-0.1, -0.05) is 43.3 Å². The third-order valence-corrected chi connectivity index (χ3v) is 8.29. The number of thiophene rings is 1. The number of aromatic nitrogens is 2. The van der Waals surface area contributed by atoms with Crippen molar-refractivity contribution in [3.63, 3.8) is 0 Å². The number of aryl methyl sites for hydroxylation is 1. The van der Waals surface area contributed by atoms with Crippen molar-refractivity contribution in [2.24, 2.45) is 5.92 Å². The Morgan fingerprint density at radius 1 is 1.21 bits per heavy atom. The summed E-state index contributed by atoms with van der Waals surface area (Å²) in [4.78, 5) is 33.2. The number of rotatable bonds is 6. The smallest absolute Gasteiger partial charge is 0.267 e. The van der Waals surface area contributed by atoms with Gasteiger partial charge in [-0.25, -0.2) is 9.37 Å². The number of thioether (sulfide) groups is 1. The van der Waals surface area contributed by atoms with E-state index in [0.29, 0.717) is 16.8 Å². The van der Waals surface area contributed by atoms with Crippen LogP contribution in [-0.4, -0.2) is 21.2 Å². The first-order chi connectivity index (χ1) is 16.5. The minimum absolute atomic E-state index is 0.0746. The molecule has 5 rings (SSSR count). The highest BCUT2D eigenvalue weighted by atomic mass is 32.2. The van der Waals surface area contributed by atoms with Gasteiger partial charge in [0.05, 0.1) is 16.8 Å². The standard InChI is InChI=1S/C26H24FN3O2S2/c1-2-16-8-13-20-21(14-16)34-24-23(20)25(32)30(19-6-4-3-5-7-19)26(29-24)33-15-22(31)28-18-11-9-17(27)10-12-18/h3-7,9-12,16H,2,8,13-15H2,1H3,(H,28,31). The molecule has 2 heterocycles. The molecular formula is C26H24FN3O2S2. The molecule has 1 amide bonds. The Morgan fingerprint density at radius 2 is 1.97 bits per heavy atom. The van der Waals surface area contributed by atoms with Crippen molar-refractivity contribution < 1.29 is 9.18 Å². The minimum Gasteiger partial charge on any atom is -0.325 e. The summed E-state index contributed by atoms with van der Waals surface area (Å²) < 4.78 is 14.8. The lowest BCUT2D eigenvalue weighted by Gasteiger charge is -2.20. The molecule has 1 N–H and O–H groups in total. The Hall–Kier alpha value is -2.97. The first-order valence-corrected chi connectivity index (χ1v) is 13.1. The number of anilines is 1. The third-order valence-electron chi connectivity index (χ3n) is 6.21. The lowest BCUT2D eigenvalue weighted by Crippen LogP contribution is -2.23. The molecule has 1 aliphatic carbocycles. The average Bonchev–Trinajstić information content (AvgIpc) is 3.22. The molecule has 0 fully saturated rings. The van der Waals surface area contributed by atoms with E-state index < -0.39 is 0 Å². The molecule has 34 heavy (non-hydrogen) atoms. The van der Waals surface area contributed by atoms with Crippen LogP contribution >= 0.6 is 23.1 Å². The van der Waals surface area contributed by atoms with Crippen LogP contribution < -0.4 is 10.9 Å². The zero-order valence-corrected chi connectivity index (χ0v) is 20.3. The van der Waals surface area contributed by atoms with E-state index in [2.05, 4.69) is 12.2 Å². The molecule has 0 spiro atoms. The average molecular weight is 494 g/mol. The highest BCUT2D eigenvalue weighted by Crippen LogP contribution is 2.37. The molecule has 0 radical (unpaired) electrons. The van der Waals surface area contributed by atoms with E-state index in [1.807, 2.05) is 30.3 Å². The SMILES string of the molecule is CCC1CCc2c(sc3nc(SCC(=O)Nc4ccc(F)cc4)n(-c4ccccc4)c(=O)c23)C1. The summed E-state index contributed by atoms with van der Waals surface area (Å²) in [6, 6.07) is 15.1. The van der Waals surface area contributed by atoms with Gasteiger partial charge in [0, 0.05) is 10.6 Å². The number of amides is 1. The maximum absolute atomic E-state index is 13.8. The molecule has 174 valence electrons. The number of hydrogen-bond donors (Lipinski definition) is 1. The van der Waals surface area contributed by atoms with E-state index in [-0.39, 0.29) is 23.0 Å². The number of nitrogens with zero attached hydrogens (tertiary/aromatic N) is 2. The Morgan fingerprint density at radius 3 is 2.71 bits per heavy atom. The lowest BCUT2D eigenvalue weighted by molar-refractivity contribution is -0.113. The number of carbonyl (C=O) groups is 1. The van der Waals surface area contributed by atoms with Gasteiger partial charge < -0.3 is 5.32 Å². The van der Waals surface area contributed by atoms with Crippen LogP contribution in [0.25, 0.3) is 15.9 Å².